The zero-order valence-electron chi connectivity index (χ0n) is 10.9. The molecule has 0 saturated carbocycles. The number of hydrogen-bond donors (Lipinski definition) is 1. The third-order valence-corrected chi connectivity index (χ3v) is 5.05. The first-order valence-corrected chi connectivity index (χ1v) is 7.59. The van der Waals surface area contributed by atoms with Crippen LogP contribution in [0.25, 0.3) is 0 Å². The molecule has 0 aromatic heterocycles. The van der Waals surface area contributed by atoms with E-state index < -0.39 is 0 Å². The molecule has 0 fully saturated rings. The maximum Gasteiger partial charge on any atom is 0.0455 e. The van der Waals surface area contributed by atoms with E-state index in [-0.39, 0.29) is 5.54 Å². The van der Waals surface area contributed by atoms with Gasteiger partial charge in [-0.3, -0.25) is 0 Å². The van der Waals surface area contributed by atoms with Crippen LogP contribution in [0.15, 0.2) is 46.9 Å². The van der Waals surface area contributed by atoms with Gasteiger partial charge in [0.25, 0.3) is 0 Å². The van der Waals surface area contributed by atoms with Crippen LogP contribution in [0.1, 0.15) is 35.2 Å². The second kappa shape index (κ2) is 3.94. The summed E-state index contributed by atoms with van der Waals surface area (Å²) < 4.78 is 1.18. The van der Waals surface area contributed by atoms with Gasteiger partial charge in [0.1, 0.15) is 0 Å². The van der Waals surface area contributed by atoms with E-state index in [4.69, 9.17) is 0 Å². The van der Waals surface area contributed by atoms with Crippen LogP contribution in [0.2, 0.25) is 0 Å². The molecule has 0 spiro atoms. The lowest BCUT2D eigenvalue weighted by atomic mass is 9.82. The maximum absolute atomic E-state index is 3.85. The summed E-state index contributed by atoms with van der Waals surface area (Å²) in [7, 11) is 0. The van der Waals surface area contributed by atoms with Gasteiger partial charge in [0.2, 0.25) is 0 Å². The Morgan fingerprint density at radius 1 is 1.16 bits per heavy atom. The topological polar surface area (TPSA) is 12.0 Å². The first-order chi connectivity index (χ1) is 9.16. The number of benzene rings is 2. The Kier molecular flexibility index (Phi) is 2.42. The van der Waals surface area contributed by atoms with Gasteiger partial charge in [0.05, 0.1) is 0 Å². The van der Waals surface area contributed by atoms with Gasteiger partial charge in [0, 0.05) is 16.1 Å². The van der Waals surface area contributed by atoms with Crippen molar-refractivity contribution in [1.29, 1.82) is 0 Å². The van der Waals surface area contributed by atoms with Gasteiger partial charge in [-0.05, 0) is 54.2 Å². The van der Waals surface area contributed by atoms with Crippen molar-refractivity contribution in [2.24, 2.45) is 0 Å². The summed E-state index contributed by atoms with van der Waals surface area (Å²) in [6.45, 7) is 2.34. The van der Waals surface area contributed by atoms with Gasteiger partial charge in [-0.2, -0.15) is 0 Å². The van der Waals surface area contributed by atoms with Crippen molar-refractivity contribution in [1.82, 2.24) is 5.32 Å². The fourth-order valence-corrected chi connectivity index (χ4v) is 4.12. The minimum absolute atomic E-state index is 0.0837. The molecule has 2 heterocycles. The van der Waals surface area contributed by atoms with Gasteiger partial charge < -0.3 is 5.32 Å². The second-order valence-corrected chi connectivity index (χ2v) is 6.83. The summed E-state index contributed by atoms with van der Waals surface area (Å²) >= 11 is 3.59. The lowest BCUT2D eigenvalue weighted by molar-refractivity contribution is 0.368. The smallest absolute Gasteiger partial charge is 0.0455 e. The number of nitrogens with one attached hydrogen (secondary N) is 1. The highest BCUT2D eigenvalue weighted by molar-refractivity contribution is 9.10. The molecule has 1 N–H and O–H groups in total. The van der Waals surface area contributed by atoms with Gasteiger partial charge in [0.15, 0.2) is 0 Å². The van der Waals surface area contributed by atoms with Crippen LogP contribution in [-0.2, 0) is 18.4 Å². The van der Waals surface area contributed by atoms with E-state index in [0.29, 0.717) is 6.04 Å². The van der Waals surface area contributed by atoms with Gasteiger partial charge >= 0.3 is 0 Å². The SMILES string of the molecule is C[C@@]12Cc3ccc(Br)cc3C[C@@H](N1)c1ccccc12. The van der Waals surface area contributed by atoms with Crippen LogP contribution in [0.5, 0.6) is 0 Å². The molecule has 2 heteroatoms. The Morgan fingerprint density at radius 3 is 2.89 bits per heavy atom. The van der Waals surface area contributed by atoms with E-state index in [1.54, 1.807) is 0 Å². The highest BCUT2D eigenvalue weighted by Gasteiger charge is 2.41. The number of hydrogen-bond acceptors (Lipinski definition) is 1. The lowest BCUT2D eigenvalue weighted by Crippen LogP contribution is -2.36. The van der Waals surface area contributed by atoms with Gasteiger partial charge in [-0.1, -0.05) is 46.3 Å². The molecular formula is C17H16BrN. The maximum atomic E-state index is 3.85. The number of fused-ring (bicyclic) bond motifs is 6. The van der Waals surface area contributed by atoms with Crippen molar-refractivity contribution in [2.45, 2.75) is 31.3 Å². The van der Waals surface area contributed by atoms with Crippen LogP contribution in [0.3, 0.4) is 0 Å². The number of rotatable bonds is 0. The third kappa shape index (κ3) is 1.70. The molecule has 1 nitrogen and oxygen atoms in total. The van der Waals surface area contributed by atoms with E-state index in [9.17, 15) is 0 Å². The molecule has 2 atom stereocenters. The van der Waals surface area contributed by atoms with Crippen LogP contribution in [-0.4, -0.2) is 0 Å². The van der Waals surface area contributed by atoms with Crippen molar-refractivity contribution >= 4 is 15.9 Å². The molecule has 2 aliphatic heterocycles. The van der Waals surface area contributed by atoms with Crippen molar-refractivity contribution < 1.29 is 0 Å². The summed E-state index contributed by atoms with van der Waals surface area (Å²) in [6, 6.07) is 16.0. The van der Waals surface area contributed by atoms with Crippen LogP contribution in [0.4, 0.5) is 0 Å². The summed E-state index contributed by atoms with van der Waals surface area (Å²) in [5, 5.41) is 3.85. The fourth-order valence-electron chi connectivity index (χ4n) is 3.71. The Balaban J connectivity index is 1.90. The van der Waals surface area contributed by atoms with E-state index >= 15 is 0 Å². The molecule has 0 unspecified atom stereocenters. The lowest BCUT2D eigenvalue weighted by Gasteiger charge is -2.26. The molecule has 2 bridgehead atoms. The Morgan fingerprint density at radius 2 is 2.00 bits per heavy atom. The normalized spacial score (nSPS) is 27.6. The fraction of sp³-hybridized carbons (Fsp3) is 0.294. The molecular weight excluding hydrogens is 298 g/mol. The van der Waals surface area contributed by atoms with E-state index in [1.807, 2.05) is 0 Å². The molecule has 19 heavy (non-hydrogen) atoms. The molecule has 0 aliphatic carbocycles. The summed E-state index contributed by atoms with van der Waals surface area (Å²) in [5.41, 5.74) is 6.00. The Labute approximate surface area is 122 Å². The standard InChI is InChI=1S/C17H16BrN/c1-17-10-11-6-7-13(18)8-12(11)9-16(19-17)14-4-2-3-5-15(14)17/h2-8,16,19H,9-10H2,1H3/t16-,17+/m1/s1. The zero-order valence-corrected chi connectivity index (χ0v) is 12.5. The average Bonchev–Trinajstić information content (AvgIpc) is 2.57. The van der Waals surface area contributed by atoms with Gasteiger partial charge in [-0.25, -0.2) is 0 Å². The molecule has 96 valence electrons. The highest BCUT2D eigenvalue weighted by atomic mass is 79.9. The van der Waals surface area contributed by atoms with Crippen molar-refractivity contribution in [3.63, 3.8) is 0 Å². The summed E-state index contributed by atoms with van der Waals surface area (Å²) in [6.07, 6.45) is 2.16. The molecule has 0 amide bonds. The Hall–Kier alpha value is -1.12. The van der Waals surface area contributed by atoms with Crippen molar-refractivity contribution in [2.75, 3.05) is 0 Å². The predicted octanol–water partition coefficient (Wildman–Crippen LogP) is 4.11. The summed E-state index contributed by atoms with van der Waals surface area (Å²) in [4.78, 5) is 0. The van der Waals surface area contributed by atoms with Gasteiger partial charge in [-0.15, -0.1) is 0 Å². The van der Waals surface area contributed by atoms with Crippen molar-refractivity contribution in [3.8, 4) is 0 Å². The minimum Gasteiger partial charge on any atom is -0.300 e. The van der Waals surface area contributed by atoms with Crippen LogP contribution >= 0.6 is 15.9 Å². The molecule has 2 aliphatic rings. The first kappa shape index (κ1) is 11.7. The van der Waals surface area contributed by atoms with E-state index in [2.05, 4.69) is 70.6 Å². The van der Waals surface area contributed by atoms with Crippen LogP contribution in [0, 0.1) is 0 Å². The molecule has 2 aromatic rings. The largest absolute Gasteiger partial charge is 0.300 e. The monoisotopic (exact) mass is 313 g/mol. The third-order valence-electron chi connectivity index (χ3n) is 4.56. The summed E-state index contributed by atoms with van der Waals surface area (Å²) in [5.74, 6) is 0. The molecule has 0 saturated heterocycles. The molecule has 4 rings (SSSR count). The predicted molar refractivity (Wildman–Crippen MR) is 81.2 cm³/mol. The quantitative estimate of drug-likeness (QED) is 0.772. The Bertz CT molecular complexity index is 664. The highest BCUT2D eigenvalue weighted by Crippen LogP contribution is 2.44. The number of halogens is 1. The minimum atomic E-state index is 0.0837. The first-order valence-electron chi connectivity index (χ1n) is 6.80. The molecule has 0 radical (unpaired) electrons. The average molecular weight is 314 g/mol. The zero-order chi connectivity index (χ0) is 13.0. The van der Waals surface area contributed by atoms with Crippen molar-refractivity contribution in [3.05, 3.63) is 69.2 Å². The van der Waals surface area contributed by atoms with E-state index in [1.165, 1.54) is 26.7 Å². The van der Waals surface area contributed by atoms with E-state index in [0.717, 1.165) is 12.8 Å². The second-order valence-electron chi connectivity index (χ2n) is 5.91. The van der Waals surface area contributed by atoms with Crippen LogP contribution < -0.4 is 5.32 Å². The molecule has 2 aromatic carbocycles.